The molecule has 2 aromatic rings. The van der Waals surface area contributed by atoms with E-state index in [0.717, 1.165) is 22.8 Å². The number of benzene rings is 2. The van der Waals surface area contributed by atoms with Crippen molar-refractivity contribution in [1.29, 1.82) is 0 Å². The molecule has 28 heavy (non-hydrogen) atoms. The van der Waals surface area contributed by atoms with Gasteiger partial charge in [0.15, 0.2) is 0 Å². The largest absolute Gasteiger partial charge is 0.489 e. The van der Waals surface area contributed by atoms with Crippen molar-refractivity contribution >= 4 is 24.1 Å². The summed E-state index contributed by atoms with van der Waals surface area (Å²) < 4.78 is 83.1. The fourth-order valence-electron chi connectivity index (χ4n) is 2.62. The maximum absolute atomic E-state index is 13.2. The van der Waals surface area contributed by atoms with Crippen LogP contribution in [-0.2, 0) is 23.8 Å². The zero-order valence-electron chi connectivity index (χ0n) is 14.0. The molecule has 0 aromatic heterocycles. The summed E-state index contributed by atoms with van der Waals surface area (Å²) in [7, 11) is 0. The van der Waals surface area contributed by atoms with Gasteiger partial charge in [-0.05, 0) is 35.9 Å². The van der Waals surface area contributed by atoms with Crippen LogP contribution in [0.4, 0.5) is 26.3 Å². The van der Waals surface area contributed by atoms with Gasteiger partial charge in [-0.15, -0.1) is 11.8 Å². The van der Waals surface area contributed by atoms with E-state index < -0.39 is 35.6 Å². The SMILES string of the molecule is O=CC1=Cc2ccc(OCc3ccc(C(F)(F)F)cc3C(F)(F)F)cc2SC1. The smallest absolute Gasteiger partial charge is 0.416 e. The van der Waals surface area contributed by atoms with E-state index in [0.29, 0.717) is 17.4 Å². The van der Waals surface area contributed by atoms with Crippen molar-refractivity contribution in [3.63, 3.8) is 0 Å². The molecule has 3 rings (SSSR count). The van der Waals surface area contributed by atoms with Gasteiger partial charge < -0.3 is 4.74 Å². The van der Waals surface area contributed by atoms with Gasteiger partial charge in [-0.2, -0.15) is 26.3 Å². The topological polar surface area (TPSA) is 26.3 Å². The van der Waals surface area contributed by atoms with Crippen LogP contribution in [0, 0.1) is 0 Å². The molecule has 0 N–H and O–H groups in total. The molecule has 2 nitrogen and oxygen atoms in total. The summed E-state index contributed by atoms with van der Waals surface area (Å²) in [5.74, 6) is 0.749. The van der Waals surface area contributed by atoms with Crippen LogP contribution in [0.5, 0.6) is 5.75 Å². The average Bonchev–Trinajstić information content (AvgIpc) is 2.64. The third-order valence-corrected chi connectivity index (χ3v) is 5.15. The number of hydrogen-bond donors (Lipinski definition) is 0. The number of carbonyl (C=O) groups is 1. The van der Waals surface area contributed by atoms with E-state index in [1.165, 1.54) is 17.8 Å². The predicted octanol–water partition coefficient (Wildman–Crippen LogP) is 5.99. The fourth-order valence-corrected chi connectivity index (χ4v) is 3.59. The summed E-state index contributed by atoms with van der Waals surface area (Å²) in [6, 6.07) is 6.28. The van der Waals surface area contributed by atoms with Gasteiger partial charge >= 0.3 is 12.4 Å². The number of thioether (sulfide) groups is 1. The molecule has 0 radical (unpaired) electrons. The second-order valence-electron chi connectivity index (χ2n) is 5.98. The van der Waals surface area contributed by atoms with Gasteiger partial charge in [0.05, 0.1) is 11.1 Å². The Hall–Kier alpha value is -2.42. The molecule has 2 aromatic carbocycles. The maximum Gasteiger partial charge on any atom is 0.416 e. The molecule has 0 saturated carbocycles. The Morgan fingerprint density at radius 1 is 1.00 bits per heavy atom. The van der Waals surface area contributed by atoms with Gasteiger partial charge in [-0.1, -0.05) is 12.1 Å². The Balaban J connectivity index is 1.83. The summed E-state index contributed by atoms with van der Waals surface area (Å²) in [5.41, 5.74) is -1.74. The van der Waals surface area contributed by atoms with Crippen molar-refractivity contribution in [3.05, 3.63) is 64.2 Å². The van der Waals surface area contributed by atoms with Crippen LogP contribution in [-0.4, -0.2) is 12.0 Å². The number of alkyl halides is 6. The highest BCUT2D eigenvalue weighted by Crippen LogP contribution is 2.38. The van der Waals surface area contributed by atoms with Crippen LogP contribution in [0.1, 0.15) is 22.3 Å². The number of carbonyl (C=O) groups excluding carboxylic acids is 1. The third-order valence-electron chi connectivity index (χ3n) is 4.01. The van der Waals surface area contributed by atoms with E-state index in [9.17, 15) is 31.1 Å². The van der Waals surface area contributed by atoms with Gasteiger partial charge in [-0.25, -0.2) is 0 Å². The first kappa shape index (κ1) is 20.3. The van der Waals surface area contributed by atoms with Crippen LogP contribution in [0.25, 0.3) is 6.08 Å². The summed E-state index contributed by atoms with van der Waals surface area (Å²) in [6.07, 6.45) is -7.35. The van der Waals surface area contributed by atoms with Crippen LogP contribution in [0.3, 0.4) is 0 Å². The molecule has 0 bridgehead atoms. The van der Waals surface area contributed by atoms with E-state index in [1.54, 1.807) is 18.2 Å². The van der Waals surface area contributed by atoms with Crippen LogP contribution >= 0.6 is 11.8 Å². The zero-order valence-corrected chi connectivity index (χ0v) is 14.8. The third kappa shape index (κ3) is 4.52. The van der Waals surface area contributed by atoms with Crippen molar-refractivity contribution < 1.29 is 35.9 Å². The maximum atomic E-state index is 13.2. The zero-order chi connectivity index (χ0) is 20.5. The summed E-state index contributed by atoms with van der Waals surface area (Å²) in [4.78, 5) is 11.6. The lowest BCUT2D eigenvalue weighted by Gasteiger charge is -2.17. The minimum atomic E-state index is -4.94. The monoisotopic (exact) mass is 418 g/mol. The van der Waals surface area contributed by atoms with Crippen molar-refractivity contribution in [2.75, 3.05) is 5.75 Å². The molecule has 0 aliphatic carbocycles. The highest BCUT2D eigenvalue weighted by molar-refractivity contribution is 7.99. The highest BCUT2D eigenvalue weighted by Gasteiger charge is 2.38. The molecule has 1 aliphatic rings. The van der Waals surface area contributed by atoms with E-state index >= 15 is 0 Å². The molecular weight excluding hydrogens is 406 g/mol. The number of hydrogen-bond acceptors (Lipinski definition) is 3. The van der Waals surface area contributed by atoms with Gasteiger partial charge in [0.2, 0.25) is 0 Å². The summed E-state index contributed by atoms with van der Waals surface area (Å²) in [5, 5.41) is 0. The lowest BCUT2D eigenvalue weighted by molar-refractivity contribution is -0.143. The lowest BCUT2D eigenvalue weighted by Crippen LogP contribution is -2.14. The average molecular weight is 418 g/mol. The predicted molar refractivity (Wildman–Crippen MR) is 92.0 cm³/mol. The van der Waals surface area contributed by atoms with Gasteiger partial charge in [-0.3, -0.25) is 4.79 Å². The molecule has 1 aliphatic heterocycles. The minimum absolute atomic E-state index is 0.0904. The minimum Gasteiger partial charge on any atom is -0.489 e. The fraction of sp³-hybridized carbons (Fsp3) is 0.211. The molecule has 0 saturated heterocycles. The first-order chi connectivity index (χ1) is 13.1. The van der Waals surface area contributed by atoms with E-state index in [-0.39, 0.29) is 11.8 Å². The molecular formula is C19H12F6O2S. The van der Waals surface area contributed by atoms with Gasteiger partial charge in [0, 0.05) is 21.8 Å². The number of halogens is 6. The number of fused-ring (bicyclic) bond motifs is 1. The number of rotatable bonds is 4. The van der Waals surface area contributed by atoms with E-state index in [1.807, 2.05) is 0 Å². The lowest BCUT2D eigenvalue weighted by atomic mass is 10.0. The van der Waals surface area contributed by atoms with Gasteiger partial charge in [0.1, 0.15) is 18.6 Å². The Morgan fingerprint density at radius 3 is 2.39 bits per heavy atom. The Labute approximate surface area is 160 Å². The quantitative estimate of drug-likeness (QED) is 0.451. The number of ether oxygens (including phenoxy) is 1. The van der Waals surface area contributed by atoms with E-state index in [4.69, 9.17) is 4.74 Å². The van der Waals surface area contributed by atoms with Gasteiger partial charge in [0.25, 0.3) is 0 Å². The highest BCUT2D eigenvalue weighted by atomic mass is 32.2. The molecule has 148 valence electrons. The Kier molecular flexibility index (Phi) is 5.47. The second-order valence-corrected chi connectivity index (χ2v) is 7.00. The normalized spacial score (nSPS) is 14.3. The summed E-state index contributed by atoms with van der Waals surface area (Å²) in [6.45, 7) is -0.536. The van der Waals surface area contributed by atoms with E-state index in [2.05, 4.69) is 0 Å². The van der Waals surface area contributed by atoms with Crippen molar-refractivity contribution in [2.24, 2.45) is 0 Å². The van der Waals surface area contributed by atoms with Crippen LogP contribution in [0.2, 0.25) is 0 Å². The molecule has 0 unspecified atom stereocenters. The van der Waals surface area contributed by atoms with Crippen molar-refractivity contribution in [1.82, 2.24) is 0 Å². The van der Waals surface area contributed by atoms with Crippen molar-refractivity contribution in [3.8, 4) is 5.75 Å². The number of aldehydes is 1. The molecule has 0 atom stereocenters. The molecule has 0 spiro atoms. The first-order valence-electron chi connectivity index (χ1n) is 7.90. The Morgan fingerprint density at radius 2 is 1.75 bits per heavy atom. The van der Waals surface area contributed by atoms with Crippen molar-refractivity contribution in [2.45, 2.75) is 23.9 Å². The standard InChI is InChI=1S/C19H12F6O2S/c20-18(21,22)14-3-1-13(16(6-14)19(23,24)25)9-27-15-4-2-12-5-11(8-26)10-28-17(12)7-15/h1-8H,9-10H2. The first-order valence-corrected chi connectivity index (χ1v) is 8.89. The molecule has 0 amide bonds. The van der Waals surface area contributed by atoms with Crippen LogP contribution < -0.4 is 4.74 Å². The summed E-state index contributed by atoms with van der Waals surface area (Å²) >= 11 is 1.38. The van der Waals surface area contributed by atoms with Crippen LogP contribution in [0.15, 0.2) is 46.9 Å². The molecule has 0 fully saturated rings. The molecule has 1 heterocycles. The Bertz CT molecular complexity index is 931. The molecule has 9 heteroatoms. The second kappa shape index (κ2) is 7.54.